The van der Waals surface area contributed by atoms with Gasteiger partial charge in [0, 0.05) is 29.5 Å². The minimum atomic E-state index is -0.0700. The normalized spacial score (nSPS) is 11.2. The first-order chi connectivity index (χ1) is 15.0. The average molecular weight is 476 g/mol. The van der Waals surface area contributed by atoms with Crippen molar-refractivity contribution in [1.82, 2.24) is 14.9 Å². The Labute approximate surface area is 191 Å². The molecule has 0 saturated heterocycles. The van der Waals surface area contributed by atoms with Gasteiger partial charge in [-0.1, -0.05) is 66.2 Å². The second-order valence-corrected chi connectivity index (χ2v) is 8.93. The molecular weight excluding hydrogens is 450 g/mol. The highest BCUT2D eigenvalue weighted by Crippen LogP contribution is 2.20. The lowest BCUT2D eigenvalue weighted by Crippen LogP contribution is -2.26. The molecule has 4 aromatic rings. The molecule has 1 N–H and O–H groups in total. The Morgan fingerprint density at radius 3 is 2.42 bits per heavy atom. The second-order valence-electron chi connectivity index (χ2n) is 8.01. The van der Waals surface area contributed by atoms with E-state index in [2.05, 4.69) is 70.0 Å². The number of carbonyl (C=O) groups is 1. The molecule has 0 aliphatic rings. The molecule has 5 heteroatoms. The SMILES string of the molecule is CC(C)c1ccc(Cn2c(CCNC(=O)c3ccc(Br)cc3)nc3ccccc32)cc1. The van der Waals surface area contributed by atoms with Gasteiger partial charge in [0.1, 0.15) is 5.82 Å². The maximum absolute atomic E-state index is 12.4. The summed E-state index contributed by atoms with van der Waals surface area (Å²) < 4.78 is 3.21. The fourth-order valence-corrected chi connectivity index (χ4v) is 3.94. The van der Waals surface area contributed by atoms with E-state index in [1.54, 1.807) is 0 Å². The van der Waals surface area contributed by atoms with Crippen LogP contribution < -0.4 is 5.32 Å². The monoisotopic (exact) mass is 475 g/mol. The molecule has 0 fully saturated rings. The highest BCUT2D eigenvalue weighted by molar-refractivity contribution is 9.10. The Morgan fingerprint density at radius 2 is 1.71 bits per heavy atom. The third kappa shape index (κ3) is 5.05. The number of nitrogens with zero attached hydrogens (tertiary/aromatic N) is 2. The van der Waals surface area contributed by atoms with Crippen LogP contribution in [0.15, 0.2) is 77.3 Å². The molecule has 0 atom stereocenters. The van der Waals surface area contributed by atoms with Crippen LogP contribution >= 0.6 is 15.9 Å². The van der Waals surface area contributed by atoms with Gasteiger partial charge in [0.05, 0.1) is 11.0 Å². The van der Waals surface area contributed by atoms with Crippen molar-refractivity contribution in [2.45, 2.75) is 32.7 Å². The van der Waals surface area contributed by atoms with E-state index in [4.69, 9.17) is 4.98 Å². The number of carbonyl (C=O) groups excluding carboxylic acids is 1. The van der Waals surface area contributed by atoms with Gasteiger partial charge in [-0.15, -0.1) is 0 Å². The first kappa shape index (κ1) is 21.3. The van der Waals surface area contributed by atoms with Gasteiger partial charge in [-0.2, -0.15) is 0 Å². The number of nitrogens with one attached hydrogen (secondary N) is 1. The van der Waals surface area contributed by atoms with Gasteiger partial charge < -0.3 is 9.88 Å². The summed E-state index contributed by atoms with van der Waals surface area (Å²) >= 11 is 3.40. The fourth-order valence-electron chi connectivity index (χ4n) is 3.67. The van der Waals surface area contributed by atoms with Crippen molar-refractivity contribution in [3.63, 3.8) is 0 Å². The van der Waals surface area contributed by atoms with Gasteiger partial charge in [0.15, 0.2) is 0 Å². The van der Waals surface area contributed by atoms with E-state index in [0.29, 0.717) is 24.4 Å². The molecule has 0 aliphatic heterocycles. The third-order valence-corrected chi connectivity index (χ3v) is 5.99. The molecule has 1 heterocycles. The van der Waals surface area contributed by atoms with Crippen LogP contribution in [0, 0.1) is 0 Å². The molecule has 0 spiro atoms. The van der Waals surface area contributed by atoms with Crippen LogP contribution in [0.3, 0.4) is 0 Å². The van der Waals surface area contributed by atoms with Crippen molar-refractivity contribution < 1.29 is 4.79 Å². The summed E-state index contributed by atoms with van der Waals surface area (Å²) in [4.78, 5) is 17.3. The van der Waals surface area contributed by atoms with Crippen LogP contribution in [-0.2, 0) is 13.0 Å². The minimum absolute atomic E-state index is 0.0700. The van der Waals surface area contributed by atoms with Crippen LogP contribution in [0.5, 0.6) is 0 Å². The van der Waals surface area contributed by atoms with E-state index >= 15 is 0 Å². The van der Waals surface area contributed by atoms with Crippen LogP contribution in [0.25, 0.3) is 11.0 Å². The highest BCUT2D eigenvalue weighted by Gasteiger charge is 2.12. The highest BCUT2D eigenvalue weighted by atomic mass is 79.9. The molecular formula is C26H26BrN3O. The Kier molecular flexibility index (Phi) is 6.52. The summed E-state index contributed by atoms with van der Waals surface area (Å²) in [7, 11) is 0. The number of halogens is 1. The van der Waals surface area contributed by atoms with Gasteiger partial charge in [0.2, 0.25) is 0 Å². The minimum Gasteiger partial charge on any atom is -0.352 e. The molecule has 1 aromatic heterocycles. The number of hydrogen-bond donors (Lipinski definition) is 1. The molecule has 158 valence electrons. The maximum atomic E-state index is 12.4. The lowest BCUT2D eigenvalue weighted by atomic mass is 10.0. The number of hydrogen-bond acceptors (Lipinski definition) is 2. The van der Waals surface area contributed by atoms with Gasteiger partial charge in [-0.3, -0.25) is 4.79 Å². The van der Waals surface area contributed by atoms with Crippen LogP contribution in [0.4, 0.5) is 0 Å². The van der Waals surface area contributed by atoms with Crippen molar-refractivity contribution in [3.8, 4) is 0 Å². The van der Waals surface area contributed by atoms with E-state index < -0.39 is 0 Å². The summed E-state index contributed by atoms with van der Waals surface area (Å²) in [6, 6.07) is 24.4. The molecule has 0 saturated carbocycles. The molecule has 31 heavy (non-hydrogen) atoms. The van der Waals surface area contributed by atoms with Crippen molar-refractivity contribution in [3.05, 3.63) is 99.8 Å². The lowest BCUT2D eigenvalue weighted by molar-refractivity contribution is 0.0954. The number of benzene rings is 3. The topological polar surface area (TPSA) is 46.9 Å². The number of aromatic nitrogens is 2. The Bertz CT molecular complexity index is 1180. The number of amides is 1. The Morgan fingerprint density at radius 1 is 1.00 bits per heavy atom. The maximum Gasteiger partial charge on any atom is 0.251 e. The van der Waals surface area contributed by atoms with E-state index in [-0.39, 0.29) is 5.91 Å². The molecule has 4 nitrogen and oxygen atoms in total. The van der Waals surface area contributed by atoms with Crippen LogP contribution in [0.2, 0.25) is 0 Å². The smallest absolute Gasteiger partial charge is 0.251 e. The molecule has 0 bridgehead atoms. The largest absolute Gasteiger partial charge is 0.352 e. The summed E-state index contributed by atoms with van der Waals surface area (Å²) in [6.07, 6.45) is 0.668. The molecule has 1 amide bonds. The summed E-state index contributed by atoms with van der Waals surface area (Å²) in [6.45, 7) is 5.71. The number of imidazole rings is 1. The summed E-state index contributed by atoms with van der Waals surface area (Å²) in [5.74, 6) is 1.43. The molecule has 4 rings (SSSR count). The van der Waals surface area contributed by atoms with Gasteiger partial charge in [-0.05, 0) is 53.4 Å². The van der Waals surface area contributed by atoms with Gasteiger partial charge >= 0.3 is 0 Å². The first-order valence-corrected chi connectivity index (χ1v) is 11.4. The van der Waals surface area contributed by atoms with E-state index in [1.807, 2.05) is 42.5 Å². The van der Waals surface area contributed by atoms with E-state index in [1.165, 1.54) is 11.1 Å². The lowest BCUT2D eigenvalue weighted by Gasteiger charge is -2.12. The van der Waals surface area contributed by atoms with Gasteiger partial charge in [-0.25, -0.2) is 4.98 Å². The zero-order valence-electron chi connectivity index (χ0n) is 17.8. The Balaban J connectivity index is 1.50. The molecule has 3 aromatic carbocycles. The van der Waals surface area contributed by atoms with E-state index in [9.17, 15) is 4.79 Å². The second kappa shape index (κ2) is 9.48. The molecule has 0 radical (unpaired) electrons. The van der Waals surface area contributed by atoms with E-state index in [0.717, 1.165) is 27.9 Å². The standard InChI is InChI=1S/C26H26BrN3O/c1-18(2)20-9-7-19(8-10-20)17-30-24-6-4-3-5-23(24)29-25(30)15-16-28-26(31)21-11-13-22(27)14-12-21/h3-14,18H,15-17H2,1-2H3,(H,28,31). The first-order valence-electron chi connectivity index (χ1n) is 10.6. The number of para-hydroxylation sites is 2. The Hall–Kier alpha value is -2.92. The number of fused-ring (bicyclic) bond motifs is 1. The molecule has 0 aliphatic carbocycles. The fraction of sp³-hybridized carbons (Fsp3) is 0.231. The van der Waals surface area contributed by atoms with Crippen molar-refractivity contribution in [2.75, 3.05) is 6.54 Å². The zero-order valence-corrected chi connectivity index (χ0v) is 19.4. The van der Waals surface area contributed by atoms with Crippen LogP contribution in [0.1, 0.15) is 47.1 Å². The van der Waals surface area contributed by atoms with Crippen molar-refractivity contribution in [2.24, 2.45) is 0 Å². The average Bonchev–Trinajstić information content (AvgIpc) is 3.12. The predicted octanol–water partition coefficient (Wildman–Crippen LogP) is 5.94. The van der Waals surface area contributed by atoms with Gasteiger partial charge in [0.25, 0.3) is 5.91 Å². The zero-order chi connectivity index (χ0) is 21.8. The van der Waals surface area contributed by atoms with Crippen molar-refractivity contribution >= 4 is 32.9 Å². The molecule has 0 unspecified atom stereocenters. The summed E-state index contributed by atoms with van der Waals surface area (Å²) in [5.41, 5.74) is 5.34. The summed E-state index contributed by atoms with van der Waals surface area (Å²) in [5, 5.41) is 3.01. The third-order valence-electron chi connectivity index (χ3n) is 5.46. The quantitative estimate of drug-likeness (QED) is 0.359. The number of rotatable bonds is 7. The predicted molar refractivity (Wildman–Crippen MR) is 130 cm³/mol. The van der Waals surface area contributed by atoms with Crippen LogP contribution in [-0.4, -0.2) is 22.0 Å². The van der Waals surface area contributed by atoms with Crippen molar-refractivity contribution in [1.29, 1.82) is 0 Å².